The average Bonchev–Trinajstić information content (AvgIpc) is 2.90. The molecular formula is C22H14N4O. The summed E-state index contributed by atoms with van der Waals surface area (Å²) in [6, 6.07) is 24.8. The monoisotopic (exact) mass is 350 g/mol. The highest BCUT2D eigenvalue weighted by Crippen LogP contribution is 2.63. The number of rotatable bonds is 2. The number of allylic oxidation sites excluding steroid dienone is 1. The summed E-state index contributed by atoms with van der Waals surface area (Å²) in [7, 11) is 0. The van der Waals surface area contributed by atoms with Gasteiger partial charge in [-0.25, -0.2) is 0 Å². The number of nitrogens with zero attached hydrogens (tertiary/aromatic N) is 3. The van der Waals surface area contributed by atoms with E-state index in [9.17, 15) is 15.8 Å². The number of hydrogen-bond donors (Lipinski definition) is 1. The molecule has 128 valence electrons. The zero-order valence-electron chi connectivity index (χ0n) is 14.3. The van der Waals surface area contributed by atoms with Crippen LogP contribution in [-0.2, 0) is 4.74 Å². The SMILES string of the molecule is N#CC1(C#N)C2OC(=N)C1(C#N)C(c1ccccc1)C=C2c1ccccc1. The molecule has 1 saturated heterocycles. The van der Waals surface area contributed by atoms with Crippen LogP contribution in [0.1, 0.15) is 17.0 Å². The summed E-state index contributed by atoms with van der Waals surface area (Å²) >= 11 is 0. The molecule has 0 amide bonds. The summed E-state index contributed by atoms with van der Waals surface area (Å²) in [6.07, 6.45) is 0.898. The van der Waals surface area contributed by atoms with Crippen molar-refractivity contribution in [3.63, 3.8) is 0 Å². The normalized spacial score (nSPS) is 27.4. The predicted octanol–water partition coefficient (Wildman–Crippen LogP) is 3.79. The Bertz CT molecular complexity index is 1060. The maximum absolute atomic E-state index is 10.1. The first-order chi connectivity index (χ1) is 13.1. The summed E-state index contributed by atoms with van der Waals surface area (Å²) in [5.41, 5.74) is -1.28. The van der Waals surface area contributed by atoms with Crippen LogP contribution in [0.15, 0.2) is 66.7 Å². The predicted molar refractivity (Wildman–Crippen MR) is 97.9 cm³/mol. The van der Waals surface area contributed by atoms with Gasteiger partial charge in [-0.1, -0.05) is 66.7 Å². The highest BCUT2D eigenvalue weighted by molar-refractivity contribution is 5.96. The van der Waals surface area contributed by atoms with Gasteiger partial charge in [0.05, 0.1) is 18.2 Å². The van der Waals surface area contributed by atoms with Crippen molar-refractivity contribution in [2.24, 2.45) is 10.8 Å². The molecule has 3 atom stereocenters. The Balaban J connectivity index is 2.08. The van der Waals surface area contributed by atoms with Crippen molar-refractivity contribution in [3.05, 3.63) is 77.9 Å². The van der Waals surface area contributed by atoms with E-state index in [4.69, 9.17) is 10.1 Å². The molecule has 1 heterocycles. The van der Waals surface area contributed by atoms with Crippen LogP contribution >= 0.6 is 0 Å². The van der Waals surface area contributed by atoms with Crippen molar-refractivity contribution in [1.82, 2.24) is 0 Å². The van der Waals surface area contributed by atoms with Crippen LogP contribution in [-0.4, -0.2) is 12.0 Å². The molecule has 0 aromatic heterocycles. The lowest BCUT2D eigenvalue weighted by Crippen LogP contribution is -2.49. The first kappa shape index (κ1) is 16.6. The van der Waals surface area contributed by atoms with Gasteiger partial charge in [0.2, 0.25) is 11.3 Å². The van der Waals surface area contributed by atoms with Crippen molar-refractivity contribution in [3.8, 4) is 18.2 Å². The van der Waals surface area contributed by atoms with Crippen LogP contribution in [0.25, 0.3) is 5.57 Å². The molecule has 0 spiro atoms. The first-order valence-electron chi connectivity index (χ1n) is 8.46. The van der Waals surface area contributed by atoms with Gasteiger partial charge in [-0.15, -0.1) is 0 Å². The fourth-order valence-corrected chi connectivity index (χ4v) is 4.17. The van der Waals surface area contributed by atoms with Crippen LogP contribution in [0.3, 0.4) is 0 Å². The minimum Gasteiger partial charge on any atom is -0.469 e. The Morgan fingerprint density at radius 2 is 1.44 bits per heavy atom. The third-order valence-corrected chi connectivity index (χ3v) is 5.50. The van der Waals surface area contributed by atoms with Crippen molar-refractivity contribution in [2.75, 3.05) is 0 Å². The number of ether oxygens (including phenoxy) is 1. The first-order valence-corrected chi connectivity index (χ1v) is 8.46. The van der Waals surface area contributed by atoms with Crippen molar-refractivity contribution < 1.29 is 4.74 Å². The van der Waals surface area contributed by atoms with E-state index in [2.05, 4.69) is 18.2 Å². The standard InChI is InChI=1S/C22H14N4O/c23-12-21(13-24)19-17(15-7-3-1-4-8-15)11-18(16-9-5-2-6-10-16)22(21,14-25)20(26)27-19/h1-11,18-19,26H. The van der Waals surface area contributed by atoms with Gasteiger partial charge in [-0.3, -0.25) is 5.41 Å². The van der Waals surface area contributed by atoms with Gasteiger partial charge in [0.1, 0.15) is 0 Å². The number of benzene rings is 2. The molecule has 1 aliphatic heterocycles. The third kappa shape index (κ3) is 1.93. The summed E-state index contributed by atoms with van der Waals surface area (Å²) < 4.78 is 5.74. The lowest BCUT2D eigenvalue weighted by molar-refractivity contribution is 0.188. The van der Waals surface area contributed by atoms with Gasteiger partial charge < -0.3 is 4.74 Å². The molecule has 3 unspecified atom stereocenters. The molecule has 2 aromatic rings. The van der Waals surface area contributed by atoms with Gasteiger partial charge in [0.25, 0.3) is 0 Å². The number of fused-ring (bicyclic) bond motifs is 2. The fraction of sp³-hybridized carbons (Fsp3) is 0.182. The van der Waals surface area contributed by atoms with Crippen molar-refractivity contribution in [2.45, 2.75) is 12.0 Å². The third-order valence-electron chi connectivity index (χ3n) is 5.50. The van der Waals surface area contributed by atoms with Gasteiger partial charge >= 0.3 is 0 Å². The Morgan fingerprint density at radius 3 is 2.00 bits per heavy atom. The zero-order chi connectivity index (χ0) is 19.1. The van der Waals surface area contributed by atoms with Crippen molar-refractivity contribution in [1.29, 1.82) is 21.2 Å². The van der Waals surface area contributed by atoms with E-state index < -0.39 is 22.9 Å². The molecule has 2 bridgehead atoms. The molecule has 2 aliphatic rings. The molecule has 4 rings (SSSR count). The molecule has 1 N–H and O–H groups in total. The van der Waals surface area contributed by atoms with Gasteiger partial charge in [-0.2, -0.15) is 15.8 Å². The second kappa shape index (κ2) is 5.84. The second-order valence-electron chi connectivity index (χ2n) is 6.65. The molecule has 0 saturated carbocycles. The summed E-state index contributed by atoms with van der Waals surface area (Å²) in [5.74, 6) is -0.974. The molecule has 1 aliphatic carbocycles. The Hall–Kier alpha value is -3.88. The Labute approximate surface area is 156 Å². The molecule has 1 fully saturated rings. The Kier molecular flexibility index (Phi) is 3.58. The average molecular weight is 350 g/mol. The lowest BCUT2D eigenvalue weighted by atomic mass is 9.52. The molecule has 0 radical (unpaired) electrons. The molecule has 5 nitrogen and oxygen atoms in total. The van der Waals surface area contributed by atoms with Crippen LogP contribution in [0.2, 0.25) is 0 Å². The summed E-state index contributed by atoms with van der Waals surface area (Å²) in [5, 5.41) is 38.6. The minimum atomic E-state index is -1.81. The van der Waals surface area contributed by atoms with E-state index >= 15 is 0 Å². The van der Waals surface area contributed by atoms with E-state index in [1.165, 1.54) is 0 Å². The summed E-state index contributed by atoms with van der Waals surface area (Å²) in [4.78, 5) is 0. The van der Waals surface area contributed by atoms with Gasteiger partial charge in [0.15, 0.2) is 11.5 Å². The van der Waals surface area contributed by atoms with Gasteiger partial charge in [-0.05, 0) is 16.7 Å². The van der Waals surface area contributed by atoms with Gasteiger partial charge in [0, 0.05) is 5.92 Å². The van der Waals surface area contributed by atoms with Crippen LogP contribution < -0.4 is 0 Å². The summed E-state index contributed by atoms with van der Waals surface area (Å²) in [6.45, 7) is 0. The van der Waals surface area contributed by atoms with E-state index in [1.807, 2.05) is 66.7 Å². The van der Waals surface area contributed by atoms with E-state index in [-0.39, 0.29) is 5.90 Å². The smallest absolute Gasteiger partial charge is 0.212 e. The minimum absolute atomic E-state index is 0.325. The molecule has 2 aromatic carbocycles. The molecule has 5 heteroatoms. The van der Waals surface area contributed by atoms with E-state index in [0.717, 1.165) is 11.1 Å². The van der Waals surface area contributed by atoms with E-state index in [0.29, 0.717) is 5.57 Å². The lowest BCUT2D eigenvalue weighted by Gasteiger charge is -2.39. The van der Waals surface area contributed by atoms with E-state index in [1.54, 1.807) is 0 Å². The van der Waals surface area contributed by atoms with Crippen LogP contribution in [0.4, 0.5) is 0 Å². The quantitative estimate of drug-likeness (QED) is 0.889. The highest BCUT2D eigenvalue weighted by Gasteiger charge is 2.74. The Morgan fingerprint density at radius 1 is 0.852 bits per heavy atom. The second-order valence-corrected chi connectivity index (χ2v) is 6.65. The topological polar surface area (TPSA) is 104 Å². The van der Waals surface area contributed by atoms with Crippen molar-refractivity contribution >= 4 is 11.5 Å². The zero-order valence-corrected chi connectivity index (χ0v) is 14.3. The fourth-order valence-electron chi connectivity index (χ4n) is 4.17. The van der Waals surface area contributed by atoms with Crippen LogP contribution in [0, 0.1) is 50.2 Å². The largest absolute Gasteiger partial charge is 0.469 e. The molecule has 27 heavy (non-hydrogen) atoms. The van der Waals surface area contributed by atoms with Crippen LogP contribution in [0.5, 0.6) is 0 Å². The maximum Gasteiger partial charge on any atom is 0.212 e. The highest BCUT2D eigenvalue weighted by atomic mass is 16.5. The number of nitriles is 3. The number of hydrogen-bond acceptors (Lipinski definition) is 5. The molecular weight excluding hydrogens is 336 g/mol. The number of nitrogens with one attached hydrogen (secondary N) is 1. The maximum atomic E-state index is 10.1.